The van der Waals surface area contributed by atoms with Crippen LogP contribution in [0.2, 0.25) is 0 Å². The van der Waals surface area contributed by atoms with Crippen LogP contribution in [0.1, 0.15) is 26.7 Å². The van der Waals surface area contributed by atoms with Gasteiger partial charge in [0.05, 0.1) is 5.70 Å². The molecular weight excluding hydrogens is 249 g/mol. The minimum atomic E-state index is -0.715. The zero-order valence-electron chi connectivity index (χ0n) is 11.0. The van der Waals surface area contributed by atoms with E-state index in [-0.39, 0.29) is 23.5 Å². The molecule has 1 heterocycles. The van der Waals surface area contributed by atoms with Gasteiger partial charge >= 0.3 is 5.97 Å². The summed E-state index contributed by atoms with van der Waals surface area (Å²) in [5.41, 5.74) is 0.883. The summed E-state index contributed by atoms with van der Waals surface area (Å²) in [7, 11) is 0. The predicted octanol–water partition coefficient (Wildman–Crippen LogP) is 2.96. The SMILES string of the molecule is C=C/C(F)=C(C)/C=C(\C)C(=O)ON1C(=C)CCC1=O. The monoisotopic (exact) mass is 265 g/mol. The Labute approximate surface area is 111 Å². The fourth-order valence-electron chi connectivity index (χ4n) is 1.51. The summed E-state index contributed by atoms with van der Waals surface area (Å²) in [5, 5.41) is 0.891. The third-order valence-corrected chi connectivity index (χ3v) is 2.63. The maximum atomic E-state index is 13.2. The number of carbonyl (C=O) groups excluding carboxylic acids is 2. The molecule has 0 atom stereocenters. The van der Waals surface area contributed by atoms with Gasteiger partial charge in [0.1, 0.15) is 5.83 Å². The zero-order chi connectivity index (χ0) is 14.6. The van der Waals surface area contributed by atoms with Crippen molar-refractivity contribution in [2.45, 2.75) is 26.7 Å². The van der Waals surface area contributed by atoms with Crippen LogP contribution in [0.3, 0.4) is 0 Å². The molecule has 1 aliphatic rings. The van der Waals surface area contributed by atoms with E-state index in [9.17, 15) is 14.0 Å². The largest absolute Gasteiger partial charge is 0.359 e. The maximum absolute atomic E-state index is 13.2. The fourth-order valence-corrected chi connectivity index (χ4v) is 1.51. The van der Waals surface area contributed by atoms with E-state index < -0.39 is 11.8 Å². The summed E-state index contributed by atoms with van der Waals surface area (Å²) in [4.78, 5) is 28.1. The molecule has 0 unspecified atom stereocenters. The predicted molar refractivity (Wildman–Crippen MR) is 69.1 cm³/mol. The molecule has 0 aliphatic carbocycles. The smallest absolute Gasteiger partial charge is 0.328 e. The molecule has 0 N–H and O–H groups in total. The number of nitrogens with zero attached hydrogens (tertiary/aromatic N) is 1. The van der Waals surface area contributed by atoms with Gasteiger partial charge in [0.25, 0.3) is 5.91 Å². The number of amides is 1. The Balaban J connectivity index is 2.78. The first-order chi connectivity index (χ1) is 8.86. The standard InChI is InChI=1S/C14H16FNO3/c1-5-12(15)9(2)8-10(3)14(18)19-16-11(4)6-7-13(16)17/h5,8H,1,4,6-7H2,2-3H3/b10-8+,12-9-. The summed E-state index contributed by atoms with van der Waals surface area (Å²) in [6.07, 6.45) is 3.14. The van der Waals surface area contributed by atoms with Crippen LogP contribution >= 0.6 is 0 Å². The van der Waals surface area contributed by atoms with Crippen molar-refractivity contribution in [2.75, 3.05) is 0 Å². The van der Waals surface area contributed by atoms with Crippen LogP contribution in [0.4, 0.5) is 4.39 Å². The Morgan fingerprint density at radius 1 is 1.42 bits per heavy atom. The quantitative estimate of drug-likeness (QED) is 0.580. The van der Waals surface area contributed by atoms with Gasteiger partial charge in [-0.1, -0.05) is 13.2 Å². The molecule has 0 aromatic heterocycles. The van der Waals surface area contributed by atoms with Gasteiger partial charge in [-0.2, -0.15) is 0 Å². The number of carbonyl (C=O) groups is 2. The first kappa shape index (κ1) is 14.9. The van der Waals surface area contributed by atoms with Crippen LogP contribution in [0.5, 0.6) is 0 Å². The van der Waals surface area contributed by atoms with E-state index in [0.29, 0.717) is 12.1 Å². The van der Waals surface area contributed by atoms with Gasteiger partial charge in [-0.3, -0.25) is 4.79 Å². The van der Waals surface area contributed by atoms with Crippen LogP contribution in [-0.2, 0) is 14.4 Å². The highest BCUT2D eigenvalue weighted by atomic mass is 19.1. The Morgan fingerprint density at radius 3 is 2.53 bits per heavy atom. The van der Waals surface area contributed by atoms with E-state index in [1.807, 2.05) is 0 Å². The maximum Gasteiger partial charge on any atom is 0.359 e. The average molecular weight is 265 g/mol. The van der Waals surface area contributed by atoms with Crippen molar-refractivity contribution in [2.24, 2.45) is 0 Å². The molecule has 4 nitrogen and oxygen atoms in total. The molecule has 0 saturated carbocycles. The van der Waals surface area contributed by atoms with E-state index in [1.165, 1.54) is 19.9 Å². The molecule has 19 heavy (non-hydrogen) atoms. The van der Waals surface area contributed by atoms with Crippen LogP contribution in [0.15, 0.2) is 48.0 Å². The Kier molecular flexibility index (Phi) is 4.80. The number of hydroxylamine groups is 2. The Morgan fingerprint density at radius 2 is 2.05 bits per heavy atom. The van der Waals surface area contributed by atoms with Crippen molar-refractivity contribution in [3.63, 3.8) is 0 Å². The van der Waals surface area contributed by atoms with E-state index >= 15 is 0 Å². The summed E-state index contributed by atoms with van der Waals surface area (Å²) in [6.45, 7) is 9.91. The lowest BCUT2D eigenvalue weighted by Crippen LogP contribution is -2.27. The molecule has 0 radical (unpaired) electrons. The topological polar surface area (TPSA) is 46.6 Å². The molecule has 1 fully saturated rings. The van der Waals surface area contributed by atoms with E-state index in [4.69, 9.17) is 4.84 Å². The van der Waals surface area contributed by atoms with Gasteiger partial charge in [-0.05, 0) is 38.0 Å². The third-order valence-electron chi connectivity index (χ3n) is 2.63. The van der Waals surface area contributed by atoms with Crippen LogP contribution < -0.4 is 0 Å². The molecule has 102 valence electrons. The first-order valence-electron chi connectivity index (χ1n) is 5.77. The second-order valence-electron chi connectivity index (χ2n) is 4.20. The summed E-state index contributed by atoms with van der Waals surface area (Å²) >= 11 is 0. The van der Waals surface area contributed by atoms with Gasteiger partial charge in [0, 0.05) is 12.0 Å². The van der Waals surface area contributed by atoms with Gasteiger partial charge < -0.3 is 4.84 Å². The van der Waals surface area contributed by atoms with Gasteiger partial charge in [0.15, 0.2) is 0 Å². The van der Waals surface area contributed by atoms with E-state index in [1.54, 1.807) is 0 Å². The molecule has 1 amide bonds. The van der Waals surface area contributed by atoms with E-state index in [0.717, 1.165) is 11.1 Å². The van der Waals surface area contributed by atoms with Gasteiger partial charge in [0.2, 0.25) is 0 Å². The lowest BCUT2D eigenvalue weighted by molar-refractivity contribution is -0.182. The normalized spacial score (nSPS) is 17.4. The Hall–Kier alpha value is -2.17. The molecule has 1 saturated heterocycles. The third kappa shape index (κ3) is 3.64. The van der Waals surface area contributed by atoms with Crippen molar-refractivity contribution in [3.05, 3.63) is 48.0 Å². The van der Waals surface area contributed by atoms with Crippen LogP contribution in [0, 0.1) is 0 Å². The zero-order valence-corrected chi connectivity index (χ0v) is 11.0. The average Bonchev–Trinajstić information content (AvgIpc) is 2.69. The Bertz CT molecular complexity index is 487. The van der Waals surface area contributed by atoms with Crippen LogP contribution in [0.25, 0.3) is 0 Å². The fraction of sp³-hybridized carbons (Fsp3) is 0.286. The number of hydrogen-bond donors (Lipinski definition) is 0. The molecular formula is C14H16FNO3. The summed E-state index contributed by atoms with van der Waals surface area (Å²) in [5.74, 6) is -1.54. The lowest BCUT2D eigenvalue weighted by Gasteiger charge is -2.15. The minimum Gasteiger partial charge on any atom is -0.328 e. The highest BCUT2D eigenvalue weighted by Crippen LogP contribution is 2.22. The lowest BCUT2D eigenvalue weighted by atomic mass is 10.2. The number of halogens is 1. The molecule has 1 rings (SSSR count). The van der Waals surface area contributed by atoms with Crippen molar-refractivity contribution < 1.29 is 18.8 Å². The molecule has 0 bridgehead atoms. The molecule has 0 spiro atoms. The molecule has 1 aliphatic heterocycles. The highest BCUT2D eigenvalue weighted by Gasteiger charge is 2.28. The highest BCUT2D eigenvalue weighted by molar-refractivity contribution is 5.90. The van der Waals surface area contributed by atoms with Crippen molar-refractivity contribution in [3.8, 4) is 0 Å². The second kappa shape index (κ2) is 6.13. The van der Waals surface area contributed by atoms with E-state index in [2.05, 4.69) is 13.2 Å². The summed E-state index contributed by atoms with van der Waals surface area (Å²) < 4.78 is 13.2. The number of hydrogen-bond acceptors (Lipinski definition) is 3. The molecule has 0 aromatic rings. The van der Waals surface area contributed by atoms with Crippen molar-refractivity contribution in [1.82, 2.24) is 5.06 Å². The summed E-state index contributed by atoms with van der Waals surface area (Å²) in [6, 6.07) is 0. The number of rotatable bonds is 4. The van der Waals surface area contributed by atoms with Crippen molar-refractivity contribution >= 4 is 11.9 Å². The van der Waals surface area contributed by atoms with Gasteiger partial charge in [-0.25, -0.2) is 9.18 Å². The van der Waals surface area contributed by atoms with Crippen LogP contribution in [-0.4, -0.2) is 16.9 Å². The number of allylic oxidation sites excluding steroid dienone is 5. The molecule has 0 aromatic carbocycles. The first-order valence-corrected chi connectivity index (χ1v) is 5.77. The molecule has 5 heteroatoms. The van der Waals surface area contributed by atoms with Gasteiger partial charge in [-0.15, -0.1) is 5.06 Å². The minimum absolute atomic E-state index is 0.182. The van der Waals surface area contributed by atoms with Crippen molar-refractivity contribution in [1.29, 1.82) is 0 Å². The second-order valence-corrected chi connectivity index (χ2v) is 4.20.